The Morgan fingerprint density at radius 3 is 1.28 bits per heavy atom. The summed E-state index contributed by atoms with van der Waals surface area (Å²) in [4.78, 5) is 5.82. The molecule has 0 N–H and O–H groups in total. The van der Waals surface area contributed by atoms with Crippen LogP contribution in [0.4, 0.5) is 52.7 Å². The van der Waals surface area contributed by atoms with Crippen LogP contribution < -0.4 is 19.9 Å². The Kier molecular flexibility index (Phi) is 8.55. The molecule has 50 heavy (non-hydrogen) atoms. The maximum absolute atomic E-state index is 14.5. The lowest BCUT2D eigenvalue weighted by atomic mass is 9.95. The highest BCUT2D eigenvalue weighted by molar-refractivity contribution is 5.92. The predicted molar refractivity (Wildman–Crippen MR) is 143 cm³/mol. The largest absolute Gasteiger partial charge is 0.573 e. The molecular weight excluding hydrogens is 700 g/mol. The molecule has 0 spiro atoms. The number of nitriles is 2. The second-order valence-corrected chi connectivity index (χ2v) is 10.2. The molecule has 3 aromatic carbocycles. The summed E-state index contributed by atoms with van der Waals surface area (Å²) < 4.78 is 179. The van der Waals surface area contributed by atoms with E-state index in [0.29, 0.717) is 0 Å². The summed E-state index contributed by atoms with van der Waals surface area (Å²) in [5.74, 6) is -15.9. The van der Waals surface area contributed by atoms with Crippen molar-refractivity contribution in [1.29, 1.82) is 10.5 Å². The van der Waals surface area contributed by atoms with E-state index < -0.39 is 138 Å². The number of rotatable bonds is 4. The van der Waals surface area contributed by atoms with Gasteiger partial charge in [0.25, 0.3) is 0 Å². The van der Waals surface area contributed by atoms with Crippen LogP contribution in [0.2, 0.25) is 0 Å². The summed E-state index contributed by atoms with van der Waals surface area (Å²) in [5, 5.41) is 17.1. The SMILES string of the molecule is [C-]#[N+]C([N+]#[C-])=C1Cc2c(OC(F)(F)F)c3c(c(OC(F)(F)F)c2=C1c1cc(F)c(F)c(F)c1)CC(=C(C#N)C#N)C=3c1cc(F)c(F)c(F)c1. The number of hydrogen-bond acceptors (Lipinski definition) is 4. The highest BCUT2D eigenvalue weighted by Crippen LogP contribution is 2.44. The number of nitrogens with zero attached hydrogens (tertiary/aromatic N) is 4. The number of hydrogen-bond donors (Lipinski definition) is 0. The van der Waals surface area contributed by atoms with Gasteiger partial charge >= 0.3 is 18.5 Å². The van der Waals surface area contributed by atoms with E-state index in [9.17, 15) is 63.2 Å². The normalized spacial score (nSPS) is 13.6. The molecule has 0 aliphatic heterocycles. The van der Waals surface area contributed by atoms with Gasteiger partial charge in [0, 0.05) is 34.4 Å². The quantitative estimate of drug-likeness (QED) is 0.124. The zero-order chi connectivity index (χ0) is 37.0. The maximum atomic E-state index is 14.5. The van der Waals surface area contributed by atoms with Gasteiger partial charge in [0.15, 0.2) is 34.9 Å². The summed E-state index contributed by atoms with van der Waals surface area (Å²) in [7, 11) is 0. The molecule has 0 unspecified atom stereocenters. The lowest BCUT2D eigenvalue weighted by Crippen LogP contribution is -2.32. The van der Waals surface area contributed by atoms with E-state index in [-0.39, 0.29) is 24.3 Å². The smallest absolute Gasteiger partial charge is 0.405 e. The topological polar surface area (TPSA) is 74.8 Å². The van der Waals surface area contributed by atoms with Gasteiger partial charge in [-0.15, -0.1) is 26.3 Å². The monoisotopic (exact) mass is 708 g/mol. The molecule has 0 saturated heterocycles. The third-order valence-electron chi connectivity index (χ3n) is 7.40. The molecule has 0 heterocycles. The van der Waals surface area contributed by atoms with Gasteiger partial charge in [0.1, 0.15) is 42.4 Å². The van der Waals surface area contributed by atoms with Crippen LogP contribution in [0.5, 0.6) is 11.5 Å². The van der Waals surface area contributed by atoms with Gasteiger partial charge in [-0.3, -0.25) is 0 Å². The van der Waals surface area contributed by atoms with Crippen LogP contribution in [0.3, 0.4) is 0 Å². The van der Waals surface area contributed by atoms with Crippen molar-refractivity contribution < 1.29 is 62.2 Å². The third kappa shape index (κ3) is 5.92. The second kappa shape index (κ2) is 12.2. The van der Waals surface area contributed by atoms with E-state index in [4.69, 9.17) is 13.1 Å². The van der Waals surface area contributed by atoms with Gasteiger partial charge < -0.3 is 9.47 Å². The molecule has 0 atom stereocenters. The standard InChI is InChI=1S/C32H8F12N4O2/c1-47-30(48-2)17-8-16-25(23(17)12-5-20(35)27(38)21(36)6-12)28(49-31(39,40)41)15-7-14(13(9-45)10-46)22(24(15)29(16)50-32(42,43)44)11-3-18(33)26(37)19(34)4-11/h3-6H,7-8H2. The van der Waals surface area contributed by atoms with E-state index in [1.807, 2.05) is 0 Å². The Morgan fingerprint density at radius 2 is 0.960 bits per heavy atom. The lowest BCUT2D eigenvalue weighted by molar-refractivity contribution is -0.277. The minimum absolute atomic E-state index is 0.215. The van der Waals surface area contributed by atoms with Crippen molar-refractivity contribution in [2.45, 2.75) is 25.6 Å². The number of halogens is 12. The molecule has 0 bridgehead atoms. The molecule has 18 heteroatoms. The first-order chi connectivity index (χ1) is 23.3. The molecule has 2 aliphatic rings. The van der Waals surface area contributed by atoms with Crippen LogP contribution in [-0.2, 0) is 12.8 Å². The Labute approximate surface area is 270 Å². The minimum Gasteiger partial charge on any atom is -0.405 e. The minimum atomic E-state index is -5.73. The molecule has 5 rings (SSSR count). The molecule has 0 aromatic heterocycles. The van der Waals surface area contributed by atoms with Crippen LogP contribution in [0.1, 0.15) is 22.3 Å². The first-order valence-electron chi connectivity index (χ1n) is 13.1. The van der Waals surface area contributed by atoms with Crippen molar-refractivity contribution in [2.24, 2.45) is 0 Å². The Hall–Kier alpha value is -6.40. The van der Waals surface area contributed by atoms with Gasteiger partial charge in [-0.25, -0.2) is 26.3 Å². The molecule has 6 nitrogen and oxygen atoms in total. The molecule has 0 radical (unpaired) electrons. The van der Waals surface area contributed by atoms with Crippen LogP contribution in [-0.4, -0.2) is 12.7 Å². The summed E-state index contributed by atoms with van der Waals surface area (Å²) in [6, 6.07) is 3.60. The number of alkyl halides is 6. The van der Waals surface area contributed by atoms with Gasteiger partial charge in [-0.05, 0) is 52.1 Å². The van der Waals surface area contributed by atoms with Gasteiger partial charge in [0.05, 0.1) is 5.57 Å². The predicted octanol–water partition coefficient (Wildman–Crippen LogP) is 7.22. The van der Waals surface area contributed by atoms with Gasteiger partial charge in [-0.1, -0.05) is 0 Å². The van der Waals surface area contributed by atoms with Crippen molar-refractivity contribution in [3.63, 3.8) is 0 Å². The fraction of sp³-hybridized carbons (Fsp3) is 0.125. The van der Waals surface area contributed by atoms with Crippen molar-refractivity contribution in [3.05, 3.63) is 137 Å². The van der Waals surface area contributed by atoms with Crippen molar-refractivity contribution in [2.75, 3.05) is 0 Å². The average molecular weight is 708 g/mol. The van der Waals surface area contributed by atoms with Crippen LogP contribution in [0.15, 0.2) is 46.8 Å². The summed E-state index contributed by atoms with van der Waals surface area (Å²) in [6.45, 7) is 14.8. The number of fused-ring (bicyclic) bond motifs is 2. The first kappa shape index (κ1) is 34.9. The molecule has 0 saturated carbocycles. The summed E-state index contributed by atoms with van der Waals surface area (Å²) >= 11 is 0. The van der Waals surface area contributed by atoms with E-state index in [1.165, 1.54) is 12.1 Å². The highest BCUT2D eigenvalue weighted by Gasteiger charge is 2.44. The Morgan fingerprint density at radius 1 is 0.620 bits per heavy atom. The first-order valence-corrected chi connectivity index (χ1v) is 13.1. The fourth-order valence-corrected chi connectivity index (χ4v) is 5.72. The average Bonchev–Trinajstić information content (AvgIpc) is 3.60. The number of benzene rings is 3. The van der Waals surface area contributed by atoms with E-state index in [2.05, 4.69) is 19.2 Å². The summed E-state index contributed by atoms with van der Waals surface area (Å²) in [6.07, 6.45) is -13.7. The van der Waals surface area contributed by atoms with Crippen LogP contribution in [0, 0.1) is 70.7 Å². The van der Waals surface area contributed by atoms with Gasteiger partial charge in [0.2, 0.25) is 0 Å². The van der Waals surface area contributed by atoms with Gasteiger partial charge in [-0.2, -0.15) is 20.2 Å². The zero-order valence-corrected chi connectivity index (χ0v) is 23.9. The van der Waals surface area contributed by atoms with Crippen molar-refractivity contribution >= 4 is 11.1 Å². The fourth-order valence-electron chi connectivity index (χ4n) is 5.72. The van der Waals surface area contributed by atoms with Crippen molar-refractivity contribution in [1.82, 2.24) is 0 Å². The molecule has 2 aliphatic carbocycles. The molecule has 252 valence electrons. The van der Waals surface area contributed by atoms with E-state index in [1.54, 1.807) is 0 Å². The summed E-state index contributed by atoms with van der Waals surface area (Å²) in [5.41, 5.74) is -7.97. The number of ether oxygens (including phenoxy) is 2. The second-order valence-electron chi connectivity index (χ2n) is 10.2. The molecular formula is C32H8F12N4O2. The van der Waals surface area contributed by atoms with E-state index in [0.717, 1.165) is 0 Å². The molecule has 3 aromatic rings. The van der Waals surface area contributed by atoms with E-state index >= 15 is 0 Å². The highest BCUT2D eigenvalue weighted by atomic mass is 19.4. The third-order valence-corrected chi connectivity index (χ3v) is 7.40. The Bertz CT molecular complexity index is 2170. The lowest BCUT2D eigenvalue weighted by Gasteiger charge is -2.19. The van der Waals surface area contributed by atoms with Crippen LogP contribution in [0.25, 0.3) is 20.8 Å². The molecule has 0 amide bonds. The molecule has 0 fully saturated rings. The number of allylic oxidation sites excluding steroid dienone is 3. The maximum Gasteiger partial charge on any atom is 0.573 e. The zero-order valence-electron chi connectivity index (χ0n) is 23.9. The Balaban J connectivity index is 2.20. The van der Waals surface area contributed by atoms with Crippen LogP contribution >= 0.6 is 0 Å². The van der Waals surface area contributed by atoms with Crippen molar-refractivity contribution in [3.8, 4) is 23.6 Å².